The van der Waals surface area contributed by atoms with Crippen LogP contribution in [0.25, 0.3) is 0 Å². The molecule has 0 atom stereocenters. The minimum absolute atomic E-state index is 0.163. The van der Waals surface area contributed by atoms with Crippen molar-refractivity contribution in [1.29, 1.82) is 0 Å². The number of carbonyl (C=O) groups is 2. The van der Waals surface area contributed by atoms with E-state index in [-0.39, 0.29) is 18.2 Å². The van der Waals surface area contributed by atoms with Gasteiger partial charge in [-0.05, 0) is 31.4 Å². The predicted molar refractivity (Wildman–Crippen MR) is 100 cm³/mol. The fourth-order valence-corrected chi connectivity index (χ4v) is 3.11. The monoisotopic (exact) mass is 359 g/mol. The van der Waals surface area contributed by atoms with Gasteiger partial charge in [-0.3, -0.25) is 9.59 Å². The molecule has 1 aromatic carbocycles. The Bertz CT molecular complexity index is 768. The maximum Gasteiger partial charge on any atom is 0.268 e. The van der Waals surface area contributed by atoms with Crippen LogP contribution < -0.4 is 14.4 Å². The molecule has 0 bridgehead atoms. The van der Waals surface area contributed by atoms with Gasteiger partial charge in [0.05, 0.1) is 24.3 Å². The van der Waals surface area contributed by atoms with Crippen LogP contribution in [0.5, 0.6) is 11.5 Å². The molecule has 0 fully saturated rings. The van der Waals surface area contributed by atoms with Crippen molar-refractivity contribution in [1.82, 2.24) is 0 Å². The number of thiophene rings is 1. The summed E-state index contributed by atoms with van der Waals surface area (Å²) >= 11 is 1.35. The Balaban J connectivity index is 2.61. The highest BCUT2D eigenvalue weighted by molar-refractivity contribution is 7.12. The van der Waals surface area contributed by atoms with Gasteiger partial charge in [0.25, 0.3) is 5.91 Å². The van der Waals surface area contributed by atoms with Crippen LogP contribution in [-0.2, 0) is 0 Å². The molecule has 0 saturated carbocycles. The summed E-state index contributed by atoms with van der Waals surface area (Å²) in [5.74, 6) is 0.588. The molecule has 1 aromatic heterocycles. The zero-order valence-corrected chi connectivity index (χ0v) is 15.4. The average Bonchev–Trinajstić information content (AvgIpc) is 3.13. The summed E-state index contributed by atoms with van der Waals surface area (Å²) < 4.78 is 10.9. The van der Waals surface area contributed by atoms with Crippen molar-refractivity contribution in [2.45, 2.75) is 13.8 Å². The third-order valence-electron chi connectivity index (χ3n) is 3.54. The van der Waals surface area contributed by atoms with Crippen LogP contribution in [0.3, 0.4) is 0 Å². The number of anilines is 1. The molecule has 0 saturated heterocycles. The first-order chi connectivity index (χ1) is 12.0. The van der Waals surface area contributed by atoms with E-state index in [2.05, 4.69) is 6.58 Å². The Kier molecular flexibility index (Phi) is 6.36. The largest absolute Gasteiger partial charge is 0.493 e. The Morgan fingerprint density at radius 3 is 2.60 bits per heavy atom. The third-order valence-corrected chi connectivity index (χ3v) is 4.40. The first-order valence-corrected chi connectivity index (χ1v) is 8.73. The standard InChI is InChI=1S/C19H21NO4S/c1-5-9-20(19(22)18-8-7-10-25-18)15-12-17(24-6-2)16(23-4)11-14(15)13(3)21/h5,7-8,10-12H,1,6,9H2,2-4H3. The summed E-state index contributed by atoms with van der Waals surface area (Å²) in [7, 11) is 1.51. The topological polar surface area (TPSA) is 55.8 Å². The van der Waals surface area contributed by atoms with Gasteiger partial charge < -0.3 is 14.4 Å². The average molecular weight is 359 g/mol. The molecule has 0 radical (unpaired) electrons. The quantitative estimate of drug-likeness (QED) is 0.524. The van der Waals surface area contributed by atoms with Crippen LogP contribution >= 0.6 is 11.3 Å². The van der Waals surface area contributed by atoms with E-state index in [1.165, 1.54) is 30.3 Å². The normalized spacial score (nSPS) is 10.2. The first kappa shape index (κ1) is 18.7. The molecule has 2 rings (SSSR count). The molecule has 1 amide bonds. The number of amides is 1. The number of hydrogen-bond donors (Lipinski definition) is 0. The number of rotatable bonds is 8. The van der Waals surface area contributed by atoms with Crippen LogP contribution in [-0.4, -0.2) is 32.0 Å². The van der Waals surface area contributed by atoms with E-state index in [0.717, 1.165) is 0 Å². The van der Waals surface area contributed by atoms with Crippen LogP contribution in [0.15, 0.2) is 42.3 Å². The summed E-state index contributed by atoms with van der Waals surface area (Å²) in [6, 6.07) is 6.85. The predicted octanol–water partition coefficient (Wildman–Crippen LogP) is 4.19. The molecule has 0 N–H and O–H groups in total. The number of carbonyl (C=O) groups excluding carboxylic acids is 2. The summed E-state index contributed by atoms with van der Waals surface area (Å²) in [6.07, 6.45) is 1.63. The van der Waals surface area contributed by atoms with E-state index in [4.69, 9.17) is 9.47 Å². The number of ether oxygens (including phenoxy) is 2. The molecule has 0 spiro atoms. The molecule has 0 aliphatic carbocycles. The van der Waals surface area contributed by atoms with Crippen LogP contribution in [0.2, 0.25) is 0 Å². The number of Topliss-reactive ketones (excluding diaryl/α,β-unsaturated/α-hetero) is 1. The van der Waals surface area contributed by atoms with Crippen molar-refractivity contribution >= 4 is 28.7 Å². The highest BCUT2D eigenvalue weighted by Gasteiger charge is 2.24. The lowest BCUT2D eigenvalue weighted by atomic mass is 10.1. The van der Waals surface area contributed by atoms with Gasteiger partial charge in [-0.15, -0.1) is 17.9 Å². The maximum atomic E-state index is 12.9. The van der Waals surface area contributed by atoms with E-state index < -0.39 is 0 Å². The highest BCUT2D eigenvalue weighted by atomic mass is 32.1. The summed E-state index contributed by atoms with van der Waals surface area (Å²) in [5, 5.41) is 1.84. The van der Waals surface area contributed by atoms with Crippen LogP contribution in [0.4, 0.5) is 5.69 Å². The van der Waals surface area contributed by atoms with Gasteiger partial charge in [-0.2, -0.15) is 0 Å². The number of nitrogens with zero attached hydrogens (tertiary/aromatic N) is 1. The van der Waals surface area contributed by atoms with E-state index >= 15 is 0 Å². The minimum atomic E-state index is -0.190. The second-order valence-corrected chi connectivity index (χ2v) is 6.14. The van der Waals surface area contributed by atoms with E-state index in [0.29, 0.717) is 34.2 Å². The van der Waals surface area contributed by atoms with Crippen LogP contribution in [0, 0.1) is 0 Å². The Morgan fingerprint density at radius 2 is 2.08 bits per heavy atom. The molecule has 0 aliphatic rings. The molecule has 2 aromatic rings. The smallest absolute Gasteiger partial charge is 0.268 e. The van der Waals surface area contributed by atoms with E-state index in [1.54, 1.807) is 24.3 Å². The maximum absolute atomic E-state index is 12.9. The van der Waals surface area contributed by atoms with Crippen molar-refractivity contribution in [2.75, 3.05) is 25.2 Å². The number of benzene rings is 1. The zero-order valence-electron chi connectivity index (χ0n) is 14.6. The summed E-state index contributed by atoms with van der Waals surface area (Å²) in [5.41, 5.74) is 0.877. The lowest BCUT2D eigenvalue weighted by Crippen LogP contribution is -2.31. The van der Waals surface area contributed by atoms with Crippen molar-refractivity contribution < 1.29 is 19.1 Å². The second kappa shape index (κ2) is 8.48. The van der Waals surface area contributed by atoms with Crippen molar-refractivity contribution in [2.24, 2.45) is 0 Å². The van der Waals surface area contributed by atoms with Crippen molar-refractivity contribution in [3.8, 4) is 11.5 Å². The number of methoxy groups -OCH3 is 1. The SMILES string of the molecule is C=CCN(C(=O)c1cccs1)c1cc(OCC)c(OC)cc1C(C)=O. The molecular formula is C19H21NO4S. The molecule has 1 heterocycles. The van der Waals surface area contributed by atoms with Crippen molar-refractivity contribution in [3.05, 3.63) is 52.7 Å². The highest BCUT2D eigenvalue weighted by Crippen LogP contribution is 2.36. The third kappa shape index (κ3) is 4.09. The number of hydrogen-bond acceptors (Lipinski definition) is 5. The van der Waals surface area contributed by atoms with Gasteiger partial charge in [0.1, 0.15) is 0 Å². The fourth-order valence-electron chi connectivity index (χ4n) is 2.44. The molecule has 25 heavy (non-hydrogen) atoms. The lowest BCUT2D eigenvalue weighted by Gasteiger charge is -2.24. The zero-order chi connectivity index (χ0) is 18.4. The Labute approximate surface area is 151 Å². The number of ketones is 1. The summed E-state index contributed by atoms with van der Waals surface area (Å²) in [4.78, 5) is 27.2. The molecule has 6 heteroatoms. The summed E-state index contributed by atoms with van der Waals surface area (Å²) in [6.45, 7) is 7.75. The fraction of sp³-hybridized carbons (Fsp3) is 0.263. The van der Waals surface area contributed by atoms with Gasteiger partial charge in [0.15, 0.2) is 17.3 Å². The van der Waals surface area contributed by atoms with Crippen LogP contribution in [0.1, 0.15) is 33.9 Å². The molecule has 5 nitrogen and oxygen atoms in total. The lowest BCUT2D eigenvalue weighted by molar-refractivity contribution is 0.0993. The molecular weight excluding hydrogens is 338 g/mol. The van der Waals surface area contributed by atoms with Crippen molar-refractivity contribution in [3.63, 3.8) is 0 Å². The van der Waals surface area contributed by atoms with E-state index in [1.807, 2.05) is 18.4 Å². The van der Waals surface area contributed by atoms with Gasteiger partial charge in [0, 0.05) is 18.2 Å². The Hall–Kier alpha value is -2.60. The molecule has 0 unspecified atom stereocenters. The van der Waals surface area contributed by atoms with E-state index in [9.17, 15) is 9.59 Å². The molecule has 132 valence electrons. The molecule has 0 aliphatic heterocycles. The second-order valence-electron chi connectivity index (χ2n) is 5.19. The Morgan fingerprint density at radius 1 is 1.32 bits per heavy atom. The van der Waals surface area contributed by atoms with Gasteiger partial charge in [-0.25, -0.2) is 0 Å². The van der Waals surface area contributed by atoms with Gasteiger partial charge in [0.2, 0.25) is 0 Å². The van der Waals surface area contributed by atoms with Gasteiger partial charge >= 0.3 is 0 Å². The van der Waals surface area contributed by atoms with Gasteiger partial charge in [-0.1, -0.05) is 12.1 Å². The first-order valence-electron chi connectivity index (χ1n) is 7.85. The minimum Gasteiger partial charge on any atom is -0.493 e.